The van der Waals surface area contributed by atoms with E-state index >= 15 is 0 Å². The van der Waals surface area contributed by atoms with E-state index in [1.807, 2.05) is 60.7 Å². The lowest BCUT2D eigenvalue weighted by atomic mass is 10.1. The molecular formula is C29H21BrO3S. The lowest BCUT2D eigenvalue weighted by Gasteiger charge is -2.11. The Balaban J connectivity index is 1.76. The second-order valence-electron chi connectivity index (χ2n) is 7.44. The van der Waals surface area contributed by atoms with E-state index in [2.05, 4.69) is 27.8 Å². The van der Waals surface area contributed by atoms with E-state index in [1.165, 1.54) is 0 Å². The Morgan fingerprint density at radius 1 is 0.794 bits per heavy atom. The Morgan fingerprint density at radius 3 is 2.21 bits per heavy atom. The lowest BCUT2D eigenvalue weighted by Crippen LogP contribution is -2.04. The standard InChI is InChI=1S/C29H21BrO3S/c1-33-27-17-15-22(16-18-27)13-14-23-7-5-8-24(19-23)20-29(25-9-6-10-26(30)21-25)34(31,32)28-11-3-2-4-12-28/h2-12,15-21H,1H3/b29-20+. The van der Waals surface area contributed by atoms with Crippen LogP contribution in [0, 0.1) is 11.8 Å². The lowest BCUT2D eigenvalue weighted by molar-refractivity contribution is 0.415. The molecule has 0 saturated heterocycles. The molecular weight excluding hydrogens is 508 g/mol. The monoisotopic (exact) mass is 528 g/mol. The molecule has 0 aliphatic carbocycles. The fourth-order valence-electron chi connectivity index (χ4n) is 3.36. The molecule has 0 radical (unpaired) electrons. The Kier molecular flexibility index (Phi) is 7.32. The van der Waals surface area contributed by atoms with Gasteiger partial charge in [0.25, 0.3) is 0 Å². The van der Waals surface area contributed by atoms with Crippen LogP contribution in [0.2, 0.25) is 0 Å². The van der Waals surface area contributed by atoms with Crippen LogP contribution in [-0.2, 0) is 9.84 Å². The van der Waals surface area contributed by atoms with E-state index in [1.54, 1.807) is 55.7 Å². The van der Waals surface area contributed by atoms with Crippen molar-refractivity contribution in [3.8, 4) is 17.6 Å². The zero-order valence-electron chi connectivity index (χ0n) is 18.4. The van der Waals surface area contributed by atoms with Crippen LogP contribution in [-0.4, -0.2) is 15.5 Å². The summed E-state index contributed by atoms with van der Waals surface area (Å²) >= 11 is 3.45. The van der Waals surface area contributed by atoms with Gasteiger partial charge in [-0.3, -0.25) is 0 Å². The van der Waals surface area contributed by atoms with Crippen LogP contribution >= 0.6 is 15.9 Å². The molecule has 0 aliphatic heterocycles. The largest absolute Gasteiger partial charge is 0.497 e. The average molecular weight is 529 g/mol. The normalized spacial score (nSPS) is 11.4. The summed E-state index contributed by atoms with van der Waals surface area (Å²) in [6, 6.07) is 30.8. The highest BCUT2D eigenvalue weighted by molar-refractivity contribution is 9.10. The molecule has 0 fully saturated rings. The molecule has 3 nitrogen and oxygen atoms in total. The van der Waals surface area contributed by atoms with Crippen molar-refractivity contribution in [3.63, 3.8) is 0 Å². The first kappa shape index (κ1) is 23.6. The van der Waals surface area contributed by atoms with Crippen molar-refractivity contribution in [3.05, 3.63) is 130 Å². The summed E-state index contributed by atoms with van der Waals surface area (Å²) in [6.07, 6.45) is 1.70. The van der Waals surface area contributed by atoms with Gasteiger partial charge in [0.2, 0.25) is 9.84 Å². The molecule has 0 aromatic heterocycles. The number of methoxy groups -OCH3 is 1. The first-order valence-corrected chi connectivity index (χ1v) is 12.8. The number of ether oxygens (including phenoxy) is 1. The first-order valence-electron chi connectivity index (χ1n) is 10.5. The third kappa shape index (κ3) is 5.66. The van der Waals surface area contributed by atoms with Crippen LogP contribution in [0.25, 0.3) is 11.0 Å². The van der Waals surface area contributed by atoms with E-state index in [0.717, 1.165) is 26.9 Å². The maximum Gasteiger partial charge on any atom is 0.207 e. The average Bonchev–Trinajstić information content (AvgIpc) is 2.87. The van der Waals surface area contributed by atoms with Crippen LogP contribution in [0.3, 0.4) is 0 Å². The summed E-state index contributed by atoms with van der Waals surface area (Å²) in [5.74, 6) is 7.07. The quantitative estimate of drug-likeness (QED) is 0.210. The zero-order chi connectivity index (χ0) is 24.0. The number of hydrogen-bond donors (Lipinski definition) is 0. The van der Waals surface area contributed by atoms with Gasteiger partial charge in [-0.25, -0.2) is 8.42 Å². The minimum Gasteiger partial charge on any atom is -0.497 e. The van der Waals surface area contributed by atoms with Crippen molar-refractivity contribution in [2.45, 2.75) is 4.90 Å². The molecule has 0 amide bonds. The molecule has 0 unspecified atom stereocenters. The summed E-state index contributed by atoms with van der Waals surface area (Å²) in [6.45, 7) is 0. The highest BCUT2D eigenvalue weighted by atomic mass is 79.9. The zero-order valence-corrected chi connectivity index (χ0v) is 20.8. The third-order valence-corrected chi connectivity index (χ3v) is 7.40. The van der Waals surface area contributed by atoms with Crippen molar-refractivity contribution in [2.75, 3.05) is 7.11 Å². The van der Waals surface area contributed by atoms with E-state index in [9.17, 15) is 8.42 Å². The van der Waals surface area contributed by atoms with Crippen LogP contribution in [0.4, 0.5) is 0 Å². The number of sulfone groups is 1. The van der Waals surface area contributed by atoms with Gasteiger partial charge in [0.05, 0.1) is 16.9 Å². The molecule has 0 atom stereocenters. The number of halogens is 1. The van der Waals surface area contributed by atoms with Gasteiger partial charge in [-0.2, -0.15) is 0 Å². The van der Waals surface area contributed by atoms with Crippen LogP contribution in [0.5, 0.6) is 5.75 Å². The fourth-order valence-corrected chi connectivity index (χ4v) is 5.26. The fraction of sp³-hybridized carbons (Fsp3) is 0.0345. The van der Waals surface area contributed by atoms with Crippen molar-refractivity contribution < 1.29 is 13.2 Å². The SMILES string of the molecule is COc1ccc(C#Cc2cccc(/C=C(\c3cccc(Br)c3)S(=O)(=O)c3ccccc3)c2)cc1. The molecule has 0 saturated carbocycles. The van der Waals surface area contributed by atoms with E-state index in [-0.39, 0.29) is 9.80 Å². The molecule has 4 aromatic carbocycles. The molecule has 5 heteroatoms. The summed E-state index contributed by atoms with van der Waals surface area (Å²) in [7, 11) is -2.13. The summed E-state index contributed by atoms with van der Waals surface area (Å²) in [4.78, 5) is 0.469. The van der Waals surface area contributed by atoms with Gasteiger partial charge in [0, 0.05) is 15.6 Å². The molecule has 0 aliphatic rings. The number of hydrogen-bond acceptors (Lipinski definition) is 3. The van der Waals surface area contributed by atoms with E-state index in [4.69, 9.17) is 4.74 Å². The molecule has 34 heavy (non-hydrogen) atoms. The minimum atomic E-state index is -3.75. The molecule has 0 N–H and O–H groups in total. The maximum atomic E-state index is 13.6. The Bertz CT molecular complexity index is 1490. The van der Waals surface area contributed by atoms with Gasteiger partial charge in [0.1, 0.15) is 5.75 Å². The first-order chi connectivity index (χ1) is 16.5. The van der Waals surface area contributed by atoms with Gasteiger partial charge in [-0.15, -0.1) is 0 Å². The van der Waals surface area contributed by atoms with Crippen molar-refractivity contribution in [2.24, 2.45) is 0 Å². The third-order valence-electron chi connectivity index (χ3n) is 5.08. The summed E-state index contributed by atoms with van der Waals surface area (Å²) < 4.78 is 33.1. The van der Waals surface area contributed by atoms with Crippen LogP contribution < -0.4 is 4.74 Å². The molecule has 0 bridgehead atoms. The van der Waals surface area contributed by atoms with Gasteiger partial charge in [-0.1, -0.05) is 70.2 Å². The maximum absolute atomic E-state index is 13.6. The Labute approximate surface area is 208 Å². The Morgan fingerprint density at radius 2 is 1.50 bits per heavy atom. The van der Waals surface area contributed by atoms with Crippen molar-refractivity contribution >= 4 is 36.7 Å². The molecule has 0 spiro atoms. The molecule has 168 valence electrons. The van der Waals surface area contributed by atoms with E-state index in [0.29, 0.717) is 5.56 Å². The second kappa shape index (κ2) is 10.6. The van der Waals surface area contributed by atoms with Gasteiger partial charge in [-0.05, 0) is 77.9 Å². The number of benzene rings is 4. The topological polar surface area (TPSA) is 43.4 Å². The van der Waals surface area contributed by atoms with Crippen LogP contribution in [0.1, 0.15) is 22.3 Å². The predicted octanol–water partition coefficient (Wildman–Crippen LogP) is 6.83. The van der Waals surface area contributed by atoms with Crippen LogP contribution in [0.15, 0.2) is 112 Å². The molecule has 4 rings (SSSR count). The highest BCUT2D eigenvalue weighted by Gasteiger charge is 2.22. The number of rotatable bonds is 5. The predicted molar refractivity (Wildman–Crippen MR) is 141 cm³/mol. The molecule has 0 heterocycles. The van der Waals surface area contributed by atoms with Gasteiger partial charge >= 0.3 is 0 Å². The van der Waals surface area contributed by atoms with Crippen molar-refractivity contribution in [1.82, 2.24) is 0 Å². The highest BCUT2D eigenvalue weighted by Crippen LogP contribution is 2.31. The minimum absolute atomic E-state index is 0.222. The smallest absolute Gasteiger partial charge is 0.207 e. The van der Waals surface area contributed by atoms with Gasteiger partial charge in [0.15, 0.2) is 0 Å². The van der Waals surface area contributed by atoms with E-state index < -0.39 is 9.84 Å². The van der Waals surface area contributed by atoms with Crippen molar-refractivity contribution in [1.29, 1.82) is 0 Å². The second-order valence-corrected chi connectivity index (χ2v) is 10.3. The Hall–Kier alpha value is -3.59. The summed E-state index contributed by atoms with van der Waals surface area (Å²) in [5, 5.41) is 0. The summed E-state index contributed by atoms with van der Waals surface area (Å²) in [5.41, 5.74) is 3.00. The van der Waals surface area contributed by atoms with Gasteiger partial charge < -0.3 is 4.74 Å². The molecule has 4 aromatic rings.